The molecule has 0 fully saturated rings. The Morgan fingerprint density at radius 3 is 2.04 bits per heavy atom. The summed E-state index contributed by atoms with van der Waals surface area (Å²) in [5.74, 6) is -1.05. The van der Waals surface area contributed by atoms with Gasteiger partial charge in [-0.3, -0.25) is 9.59 Å². The Balaban J connectivity index is 2.71. The maximum Gasteiger partial charge on any atom is 0.573 e. The van der Waals surface area contributed by atoms with E-state index in [9.17, 15) is 22.8 Å². The summed E-state index contributed by atoms with van der Waals surface area (Å²) in [6.07, 6.45) is -4.78. The summed E-state index contributed by atoms with van der Waals surface area (Å²) >= 11 is 0. The van der Waals surface area contributed by atoms with Crippen molar-refractivity contribution in [3.63, 3.8) is 0 Å². The molecule has 0 aliphatic rings. The second-order valence-electron chi connectivity index (χ2n) is 4.80. The Morgan fingerprint density at radius 2 is 1.61 bits per heavy atom. The molecule has 0 aliphatic carbocycles. The highest BCUT2D eigenvalue weighted by atomic mass is 19.4. The van der Waals surface area contributed by atoms with Crippen LogP contribution >= 0.6 is 0 Å². The fourth-order valence-corrected chi connectivity index (χ4v) is 1.97. The normalized spacial score (nSPS) is 11.0. The Morgan fingerprint density at radius 1 is 1.09 bits per heavy atom. The van der Waals surface area contributed by atoms with Gasteiger partial charge < -0.3 is 14.5 Å². The summed E-state index contributed by atoms with van der Waals surface area (Å²) in [5.41, 5.74) is 0.175. The van der Waals surface area contributed by atoms with Crippen molar-refractivity contribution >= 4 is 11.8 Å². The Labute approximate surface area is 132 Å². The van der Waals surface area contributed by atoms with E-state index in [1.807, 2.05) is 13.8 Å². The molecule has 0 aliphatic heterocycles. The van der Waals surface area contributed by atoms with Crippen LogP contribution in [0.2, 0.25) is 0 Å². The molecule has 1 aromatic carbocycles. The van der Waals surface area contributed by atoms with Gasteiger partial charge in [0.1, 0.15) is 5.75 Å². The first-order valence-electron chi connectivity index (χ1n) is 7.07. The van der Waals surface area contributed by atoms with Crippen LogP contribution in [0.3, 0.4) is 0 Å². The van der Waals surface area contributed by atoms with E-state index in [0.717, 1.165) is 12.1 Å². The van der Waals surface area contributed by atoms with Crippen molar-refractivity contribution in [2.45, 2.75) is 20.2 Å². The van der Waals surface area contributed by atoms with Gasteiger partial charge in [0, 0.05) is 25.7 Å². The number of likely N-dealkylation sites (N-methyl/N-ethyl adjacent to an activating group) is 2. The number of amides is 2. The van der Waals surface area contributed by atoms with E-state index in [2.05, 4.69) is 4.74 Å². The molecule has 1 rings (SSSR count). The monoisotopic (exact) mass is 332 g/mol. The van der Waals surface area contributed by atoms with E-state index in [0.29, 0.717) is 13.1 Å². The third-order valence-electron chi connectivity index (χ3n) is 3.17. The molecule has 0 heterocycles. The number of carbonyl (C=O) groups excluding carboxylic acids is 2. The van der Waals surface area contributed by atoms with Crippen molar-refractivity contribution in [2.75, 3.05) is 26.7 Å². The van der Waals surface area contributed by atoms with E-state index in [-0.39, 0.29) is 18.0 Å². The molecule has 2 amide bonds. The average Bonchev–Trinajstić information content (AvgIpc) is 2.46. The topological polar surface area (TPSA) is 49.9 Å². The molecule has 0 saturated carbocycles. The Hall–Kier alpha value is -2.25. The molecule has 0 saturated heterocycles. The molecule has 0 bridgehead atoms. The highest BCUT2D eigenvalue weighted by Gasteiger charge is 2.31. The minimum atomic E-state index is -4.78. The van der Waals surface area contributed by atoms with Crippen molar-refractivity contribution < 1.29 is 27.5 Å². The predicted octanol–water partition coefficient (Wildman–Crippen LogP) is 2.53. The van der Waals surface area contributed by atoms with Crippen molar-refractivity contribution in [1.82, 2.24) is 9.80 Å². The van der Waals surface area contributed by atoms with Crippen molar-refractivity contribution in [1.29, 1.82) is 0 Å². The summed E-state index contributed by atoms with van der Waals surface area (Å²) in [5, 5.41) is 0. The van der Waals surface area contributed by atoms with Crippen LogP contribution in [0.25, 0.3) is 0 Å². The molecule has 0 unspecified atom stereocenters. The molecule has 5 nitrogen and oxygen atoms in total. The number of hydrogen-bond acceptors (Lipinski definition) is 3. The first-order valence-corrected chi connectivity index (χ1v) is 7.07. The van der Waals surface area contributed by atoms with Gasteiger partial charge in [-0.15, -0.1) is 13.2 Å². The highest BCUT2D eigenvalue weighted by molar-refractivity contribution is 5.96. The van der Waals surface area contributed by atoms with Crippen molar-refractivity contribution in [3.8, 4) is 5.75 Å². The lowest BCUT2D eigenvalue weighted by atomic mass is 10.2. The van der Waals surface area contributed by atoms with Gasteiger partial charge >= 0.3 is 6.36 Å². The number of hydrogen-bond donors (Lipinski definition) is 0. The Kier molecular flexibility index (Phi) is 6.41. The molecule has 128 valence electrons. The molecule has 0 N–H and O–H groups in total. The SMILES string of the molecule is CCN(CC)C(=O)CN(C)C(=O)c1ccc(OC(F)(F)F)cc1. The van der Waals surface area contributed by atoms with Gasteiger partial charge in [0.15, 0.2) is 0 Å². The van der Waals surface area contributed by atoms with Crippen LogP contribution in [0, 0.1) is 0 Å². The van der Waals surface area contributed by atoms with E-state index in [1.54, 1.807) is 4.90 Å². The van der Waals surface area contributed by atoms with Gasteiger partial charge in [0.05, 0.1) is 6.54 Å². The maximum absolute atomic E-state index is 12.2. The number of halogens is 3. The standard InChI is InChI=1S/C15H19F3N2O3/c1-4-20(5-2)13(21)10-19(3)14(22)11-6-8-12(9-7-11)23-15(16,17)18/h6-9H,4-5,10H2,1-3H3. The predicted molar refractivity (Wildman–Crippen MR) is 78.0 cm³/mol. The zero-order chi connectivity index (χ0) is 17.6. The molecule has 23 heavy (non-hydrogen) atoms. The van der Waals surface area contributed by atoms with E-state index >= 15 is 0 Å². The zero-order valence-electron chi connectivity index (χ0n) is 13.2. The summed E-state index contributed by atoms with van der Waals surface area (Å²) in [6.45, 7) is 4.66. The molecular formula is C15H19F3N2O3. The fraction of sp³-hybridized carbons (Fsp3) is 0.467. The summed E-state index contributed by atoms with van der Waals surface area (Å²) in [6, 6.07) is 4.56. The minimum Gasteiger partial charge on any atom is -0.406 e. The molecule has 1 aromatic rings. The molecular weight excluding hydrogens is 313 g/mol. The lowest BCUT2D eigenvalue weighted by Gasteiger charge is -2.23. The van der Waals surface area contributed by atoms with Crippen molar-refractivity contribution in [3.05, 3.63) is 29.8 Å². The van der Waals surface area contributed by atoms with Crippen LogP contribution in [0.1, 0.15) is 24.2 Å². The van der Waals surface area contributed by atoms with Crippen LogP contribution in [-0.2, 0) is 4.79 Å². The van der Waals surface area contributed by atoms with Gasteiger partial charge in [-0.25, -0.2) is 0 Å². The lowest BCUT2D eigenvalue weighted by Crippen LogP contribution is -2.41. The quantitative estimate of drug-likeness (QED) is 0.804. The van der Waals surface area contributed by atoms with Crippen LogP contribution in [-0.4, -0.2) is 54.7 Å². The number of alkyl halides is 3. The van der Waals surface area contributed by atoms with Gasteiger partial charge in [-0.1, -0.05) is 0 Å². The van der Waals surface area contributed by atoms with Crippen LogP contribution in [0.15, 0.2) is 24.3 Å². The number of carbonyl (C=O) groups is 2. The summed E-state index contributed by atoms with van der Waals surface area (Å²) < 4.78 is 40.0. The van der Waals surface area contributed by atoms with Crippen LogP contribution in [0.4, 0.5) is 13.2 Å². The van der Waals surface area contributed by atoms with Gasteiger partial charge in [0.2, 0.25) is 5.91 Å². The summed E-state index contributed by atoms with van der Waals surface area (Å²) in [4.78, 5) is 26.9. The largest absolute Gasteiger partial charge is 0.573 e. The summed E-state index contributed by atoms with van der Waals surface area (Å²) in [7, 11) is 1.46. The second-order valence-corrected chi connectivity index (χ2v) is 4.80. The molecule has 0 atom stereocenters. The minimum absolute atomic E-state index is 0.0959. The Bertz CT molecular complexity index is 540. The van der Waals surface area contributed by atoms with Gasteiger partial charge in [-0.2, -0.15) is 0 Å². The maximum atomic E-state index is 12.2. The van der Waals surface area contributed by atoms with E-state index < -0.39 is 18.0 Å². The number of benzene rings is 1. The molecule has 8 heteroatoms. The van der Waals surface area contributed by atoms with Gasteiger partial charge in [0.25, 0.3) is 5.91 Å². The van der Waals surface area contributed by atoms with Crippen molar-refractivity contribution in [2.24, 2.45) is 0 Å². The number of nitrogens with zero attached hydrogens (tertiary/aromatic N) is 2. The van der Waals surface area contributed by atoms with Crippen LogP contribution < -0.4 is 4.74 Å². The number of rotatable bonds is 6. The molecule has 0 spiro atoms. The lowest BCUT2D eigenvalue weighted by molar-refractivity contribution is -0.274. The average molecular weight is 332 g/mol. The van der Waals surface area contributed by atoms with Crippen LogP contribution in [0.5, 0.6) is 5.75 Å². The smallest absolute Gasteiger partial charge is 0.406 e. The molecule has 0 radical (unpaired) electrons. The highest BCUT2D eigenvalue weighted by Crippen LogP contribution is 2.23. The fourth-order valence-electron chi connectivity index (χ4n) is 1.97. The second kappa shape index (κ2) is 7.85. The number of ether oxygens (including phenoxy) is 1. The third kappa shape index (κ3) is 5.80. The van der Waals surface area contributed by atoms with Gasteiger partial charge in [-0.05, 0) is 38.1 Å². The first kappa shape index (κ1) is 18.8. The van der Waals surface area contributed by atoms with E-state index in [4.69, 9.17) is 0 Å². The first-order chi connectivity index (χ1) is 10.7. The zero-order valence-corrected chi connectivity index (χ0v) is 13.2. The molecule has 0 aromatic heterocycles. The van der Waals surface area contributed by atoms with E-state index in [1.165, 1.54) is 24.1 Å². The third-order valence-corrected chi connectivity index (χ3v) is 3.17.